The summed E-state index contributed by atoms with van der Waals surface area (Å²) in [5.74, 6) is 7.92. The van der Waals surface area contributed by atoms with E-state index < -0.39 is 11.9 Å². The molecule has 0 fully saturated rings. The molecule has 0 saturated carbocycles. The van der Waals surface area contributed by atoms with Gasteiger partial charge < -0.3 is 19.8 Å². The third-order valence-electron chi connectivity index (χ3n) is 1.23. The van der Waals surface area contributed by atoms with Gasteiger partial charge in [0.15, 0.2) is 0 Å². The number of carboxylic acids is 2. The zero-order valence-corrected chi connectivity index (χ0v) is 12.2. The Morgan fingerprint density at radius 1 is 0.810 bits per heavy atom. The fraction of sp³-hybridized carbons (Fsp3) is 0.500. The van der Waals surface area contributed by atoms with E-state index in [0.29, 0.717) is 11.5 Å². The molecular formula is C8H22N8O4S. The summed E-state index contributed by atoms with van der Waals surface area (Å²) in [7, 11) is 0. The van der Waals surface area contributed by atoms with Crippen LogP contribution in [0, 0.1) is 0 Å². The first-order valence-corrected chi connectivity index (χ1v) is 6.49. The number of hydrazine groups is 2. The van der Waals surface area contributed by atoms with Gasteiger partial charge in [-0.3, -0.25) is 34.6 Å². The van der Waals surface area contributed by atoms with Gasteiger partial charge in [-0.1, -0.05) is 0 Å². The Hall–Kier alpha value is -2.57. The third kappa shape index (κ3) is 46.7. The lowest BCUT2D eigenvalue weighted by Crippen LogP contribution is -2.84. The highest BCUT2D eigenvalue weighted by atomic mass is 32.2. The molecule has 0 heterocycles. The van der Waals surface area contributed by atoms with Crippen LogP contribution in [0.2, 0.25) is 0 Å². The topological polar surface area (TPSA) is 264 Å². The number of aliphatic carboxylic acids is 2. The molecule has 0 amide bonds. The summed E-state index contributed by atoms with van der Waals surface area (Å²) in [6.45, 7) is 0. The number of rotatable bonds is 6. The zero-order chi connectivity index (χ0) is 17.3. The molecule has 12 nitrogen and oxygen atoms in total. The van der Waals surface area contributed by atoms with Crippen LogP contribution in [0.25, 0.3) is 0 Å². The summed E-state index contributed by atoms with van der Waals surface area (Å²) in [4.78, 5) is 19.7. The van der Waals surface area contributed by atoms with Gasteiger partial charge in [0.1, 0.15) is 0 Å². The fourth-order valence-corrected chi connectivity index (χ4v) is 1.24. The Morgan fingerprint density at radius 3 is 1.19 bits per heavy atom. The predicted molar refractivity (Wildman–Crippen MR) is 73.6 cm³/mol. The van der Waals surface area contributed by atoms with Gasteiger partial charge in [0.2, 0.25) is 0 Å². The van der Waals surface area contributed by atoms with Crippen molar-refractivity contribution < 1.29 is 30.0 Å². The van der Waals surface area contributed by atoms with Crippen molar-refractivity contribution in [3.63, 3.8) is 0 Å². The number of nitrogens with two attached hydrogens (primary N) is 6. The normalized spacial score (nSPS) is 8.00. The molecule has 0 aliphatic heterocycles. The lowest BCUT2D eigenvalue weighted by atomic mass is 10.5. The van der Waals surface area contributed by atoms with E-state index in [1.54, 1.807) is 0 Å². The number of hydrogen-bond donors (Lipinski definition) is 8. The van der Waals surface area contributed by atoms with Crippen LogP contribution >= 0.6 is 11.8 Å². The number of hydrogen-bond acceptors (Lipinski definition) is 7. The van der Waals surface area contributed by atoms with Crippen molar-refractivity contribution in [2.45, 2.75) is 12.8 Å². The number of thioether (sulfide) groups is 1. The SMILES string of the molecule is N[NH+]=C(N)N.N[NH+]=C(N)N.O=C([O-])CCSCCC(=O)[O-]. The summed E-state index contributed by atoms with van der Waals surface area (Å²) < 4.78 is 0. The number of carbonyl (C=O) groups is 2. The number of carboxylic acid groups (broad SMARTS) is 2. The molecular weight excluding hydrogens is 304 g/mol. The molecule has 0 aromatic heterocycles. The van der Waals surface area contributed by atoms with E-state index in [1.807, 2.05) is 10.2 Å². The maximum atomic E-state index is 9.84. The Bertz CT molecular complexity index is 309. The average molecular weight is 326 g/mol. The molecule has 0 atom stereocenters. The van der Waals surface area contributed by atoms with Crippen LogP contribution in [0.15, 0.2) is 0 Å². The first-order chi connectivity index (χ1) is 9.67. The van der Waals surface area contributed by atoms with Crippen molar-refractivity contribution in [2.24, 2.45) is 34.6 Å². The van der Waals surface area contributed by atoms with Crippen LogP contribution in [-0.4, -0.2) is 35.4 Å². The van der Waals surface area contributed by atoms with E-state index in [0.717, 1.165) is 0 Å². The molecule has 0 spiro atoms. The maximum Gasteiger partial charge on any atom is 0.360 e. The number of carbonyl (C=O) groups excluding carboxylic acids is 2. The molecule has 0 aliphatic carbocycles. The Kier molecular flexibility index (Phi) is 19.5. The maximum absolute atomic E-state index is 9.84. The zero-order valence-electron chi connectivity index (χ0n) is 11.3. The van der Waals surface area contributed by atoms with Gasteiger partial charge in [-0.15, -0.1) is 0 Å². The first-order valence-electron chi connectivity index (χ1n) is 5.33. The number of hydrazone groups is 2. The van der Waals surface area contributed by atoms with Gasteiger partial charge in [-0.25, -0.2) is 0 Å². The monoisotopic (exact) mass is 326 g/mol. The molecule has 0 radical (unpaired) electrons. The number of nitrogens with one attached hydrogen (secondary N) is 2. The van der Waals surface area contributed by atoms with E-state index in [9.17, 15) is 19.8 Å². The minimum Gasteiger partial charge on any atom is -0.550 e. The third-order valence-corrected chi connectivity index (χ3v) is 2.22. The van der Waals surface area contributed by atoms with Gasteiger partial charge >= 0.3 is 11.9 Å². The molecule has 0 bridgehead atoms. The van der Waals surface area contributed by atoms with E-state index in [-0.39, 0.29) is 24.8 Å². The van der Waals surface area contributed by atoms with Gasteiger partial charge in [0.05, 0.1) is 0 Å². The summed E-state index contributed by atoms with van der Waals surface area (Å²) >= 11 is 1.27. The molecule has 0 aromatic carbocycles. The highest BCUT2D eigenvalue weighted by Crippen LogP contribution is 2.02. The second-order valence-corrected chi connectivity index (χ2v) is 4.28. The van der Waals surface area contributed by atoms with Gasteiger partial charge in [-0.2, -0.15) is 22.0 Å². The van der Waals surface area contributed by atoms with E-state index >= 15 is 0 Å². The van der Waals surface area contributed by atoms with Crippen molar-refractivity contribution >= 4 is 35.6 Å². The Morgan fingerprint density at radius 2 is 1.05 bits per heavy atom. The highest BCUT2D eigenvalue weighted by molar-refractivity contribution is 7.99. The minimum absolute atomic E-state index is 0.0300. The highest BCUT2D eigenvalue weighted by Gasteiger charge is 1.90. The molecule has 0 aliphatic rings. The molecule has 0 aromatic rings. The van der Waals surface area contributed by atoms with E-state index in [4.69, 9.17) is 22.9 Å². The second-order valence-electron chi connectivity index (χ2n) is 3.06. The summed E-state index contributed by atoms with van der Waals surface area (Å²) in [6.07, 6.45) is -0.0601. The fourth-order valence-electron chi connectivity index (χ4n) is 0.413. The summed E-state index contributed by atoms with van der Waals surface area (Å²) in [5.41, 5.74) is 19.0. The van der Waals surface area contributed by atoms with Crippen LogP contribution in [0.5, 0.6) is 0 Å². The standard InChI is InChI=1S/C6H10O4S.2CH6N4/c7-5(8)1-3-11-4-2-6(9)10;2*2-1(3)5-4/h1-4H2,(H,7,8)(H,9,10);2*4H2,(H4,2,3,5). The lowest BCUT2D eigenvalue weighted by molar-refractivity contribution is -0.471. The molecule has 124 valence electrons. The molecule has 0 saturated heterocycles. The Balaban J connectivity index is -0.000000270. The van der Waals surface area contributed by atoms with Crippen molar-refractivity contribution in [3.05, 3.63) is 0 Å². The molecule has 13 heteroatoms. The van der Waals surface area contributed by atoms with Crippen molar-refractivity contribution in [1.29, 1.82) is 0 Å². The van der Waals surface area contributed by atoms with Gasteiger partial charge in [-0.05, 0) is 24.3 Å². The van der Waals surface area contributed by atoms with Crippen LogP contribution in [0.1, 0.15) is 12.8 Å². The predicted octanol–water partition coefficient (Wildman–Crippen LogP) is -9.57. The van der Waals surface area contributed by atoms with Gasteiger partial charge in [0, 0.05) is 11.9 Å². The van der Waals surface area contributed by atoms with E-state index in [1.165, 1.54) is 11.8 Å². The largest absolute Gasteiger partial charge is 0.550 e. The van der Waals surface area contributed by atoms with Crippen LogP contribution in [0.3, 0.4) is 0 Å². The van der Waals surface area contributed by atoms with E-state index in [2.05, 4.69) is 11.7 Å². The van der Waals surface area contributed by atoms with Crippen molar-refractivity contribution in [1.82, 2.24) is 0 Å². The smallest absolute Gasteiger partial charge is 0.360 e. The molecule has 21 heavy (non-hydrogen) atoms. The molecule has 14 N–H and O–H groups in total. The summed E-state index contributed by atoms with van der Waals surface area (Å²) in [6, 6.07) is 0. The lowest BCUT2D eigenvalue weighted by Gasteiger charge is -2.02. The van der Waals surface area contributed by atoms with Crippen LogP contribution in [0.4, 0.5) is 0 Å². The number of guanidine groups is 2. The van der Waals surface area contributed by atoms with Crippen LogP contribution < -0.4 is 55.0 Å². The molecule has 0 rings (SSSR count). The van der Waals surface area contributed by atoms with Crippen LogP contribution in [-0.2, 0) is 9.59 Å². The minimum atomic E-state index is -1.11. The Labute approximate surface area is 125 Å². The van der Waals surface area contributed by atoms with Crippen molar-refractivity contribution in [2.75, 3.05) is 11.5 Å². The quantitative estimate of drug-likeness (QED) is 0.0745. The second kappa shape index (κ2) is 17.4. The average Bonchev–Trinajstić information content (AvgIpc) is 2.38. The van der Waals surface area contributed by atoms with Crippen molar-refractivity contribution in [3.8, 4) is 0 Å². The van der Waals surface area contributed by atoms with Gasteiger partial charge in [0.25, 0.3) is 0 Å². The summed E-state index contributed by atoms with van der Waals surface area (Å²) in [5, 5.41) is 23.7. The molecule has 0 unspecified atom stereocenters. The first kappa shape index (κ1) is 23.5.